The number of rotatable bonds is 8. The van der Waals surface area contributed by atoms with Crippen LogP contribution in [0.4, 0.5) is 0 Å². The van der Waals surface area contributed by atoms with Gasteiger partial charge in [-0.1, -0.05) is 50.1 Å². The van der Waals surface area contributed by atoms with E-state index in [4.69, 9.17) is 0 Å². The number of carbonyl (C=O) groups excluding carboxylic acids is 2. The molecule has 0 saturated heterocycles. The summed E-state index contributed by atoms with van der Waals surface area (Å²) in [5, 5.41) is 2.90. The fourth-order valence-corrected chi connectivity index (χ4v) is 2.21. The van der Waals surface area contributed by atoms with E-state index in [0.29, 0.717) is 19.5 Å². The van der Waals surface area contributed by atoms with Gasteiger partial charge in [0, 0.05) is 19.5 Å². The summed E-state index contributed by atoms with van der Waals surface area (Å²) in [6, 6.07) is 7.61. The average molecular weight is 304 g/mol. The molecule has 1 atom stereocenters. The summed E-state index contributed by atoms with van der Waals surface area (Å²) in [6.07, 6.45) is 2.40. The molecule has 0 saturated carbocycles. The fourth-order valence-electron chi connectivity index (χ4n) is 2.21. The summed E-state index contributed by atoms with van der Waals surface area (Å²) in [4.78, 5) is 26.1. The smallest absolute Gasteiger partial charge is 0.242 e. The van der Waals surface area contributed by atoms with Crippen molar-refractivity contribution in [3.63, 3.8) is 0 Å². The first-order valence-electron chi connectivity index (χ1n) is 8.12. The summed E-state index contributed by atoms with van der Waals surface area (Å²) in [5.74, 6) is -0.0823. The molecular formula is C18H28N2O2. The van der Waals surface area contributed by atoms with Gasteiger partial charge in [0.15, 0.2) is 0 Å². The molecule has 0 bridgehead atoms. The highest BCUT2D eigenvalue weighted by atomic mass is 16.2. The topological polar surface area (TPSA) is 49.4 Å². The van der Waals surface area contributed by atoms with E-state index < -0.39 is 6.04 Å². The number of benzene rings is 1. The van der Waals surface area contributed by atoms with Crippen LogP contribution in [-0.2, 0) is 16.1 Å². The number of hydrogen-bond donors (Lipinski definition) is 1. The van der Waals surface area contributed by atoms with Gasteiger partial charge in [-0.05, 0) is 25.8 Å². The summed E-state index contributed by atoms with van der Waals surface area (Å²) < 4.78 is 0. The molecule has 1 N–H and O–H groups in total. The first-order valence-corrected chi connectivity index (χ1v) is 8.12. The predicted octanol–water partition coefficient (Wildman–Crippen LogP) is 3.04. The number of hydrogen-bond acceptors (Lipinski definition) is 2. The number of aryl methyl sites for hydroxylation is 1. The Labute approximate surface area is 133 Å². The predicted molar refractivity (Wildman–Crippen MR) is 89.4 cm³/mol. The third-order valence-corrected chi connectivity index (χ3v) is 3.77. The van der Waals surface area contributed by atoms with Crippen molar-refractivity contribution in [3.8, 4) is 0 Å². The van der Waals surface area contributed by atoms with Crippen LogP contribution in [0.2, 0.25) is 0 Å². The van der Waals surface area contributed by atoms with Gasteiger partial charge in [0.05, 0.1) is 0 Å². The zero-order chi connectivity index (χ0) is 16.5. The molecule has 0 aromatic heterocycles. The molecule has 22 heavy (non-hydrogen) atoms. The maximum atomic E-state index is 12.2. The second-order valence-corrected chi connectivity index (χ2v) is 5.68. The lowest BCUT2D eigenvalue weighted by molar-refractivity contribution is -0.140. The zero-order valence-corrected chi connectivity index (χ0v) is 14.2. The van der Waals surface area contributed by atoms with Crippen molar-refractivity contribution in [3.05, 3.63) is 35.4 Å². The average Bonchev–Trinajstić information content (AvgIpc) is 2.53. The van der Waals surface area contributed by atoms with Crippen molar-refractivity contribution >= 4 is 11.8 Å². The van der Waals surface area contributed by atoms with E-state index >= 15 is 0 Å². The van der Waals surface area contributed by atoms with Crippen molar-refractivity contribution in [1.82, 2.24) is 10.2 Å². The van der Waals surface area contributed by atoms with Crippen molar-refractivity contribution in [2.75, 3.05) is 6.54 Å². The van der Waals surface area contributed by atoms with Gasteiger partial charge in [0.1, 0.15) is 6.04 Å². The lowest BCUT2D eigenvalue weighted by Crippen LogP contribution is -2.47. The quantitative estimate of drug-likeness (QED) is 0.750. The summed E-state index contributed by atoms with van der Waals surface area (Å²) >= 11 is 0. The minimum absolute atomic E-state index is 0.00119. The van der Waals surface area contributed by atoms with E-state index in [-0.39, 0.29) is 11.8 Å². The van der Waals surface area contributed by atoms with Crippen molar-refractivity contribution in [1.29, 1.82) is 0 Å². The Balaban J connectivity index is 2.76. The Kier molecular flexibility index (Phi) is 7.64. The molecule has 0 radical (unpaired) electrons. The number of amides is 2. The van der Waals surface area contributed by atoms with Crippen LogP contribution in [0.5, 0.6) is 0 Å². The normalized spacial score (nSPS) is 11.8. The van der Waals surface area contributed by atoms with Gasteiger partial charge in [0.2, 0.25) is 11.8 Å². The Morgan fingerprint density at radius 1 is 1.18 bits per heavy atom. The third-order valence-electron chi connectivity index (χ3n) is 3.77. The van der Waals surface area contributed by atoms with Crippen LogP contribution in [0.1, 0.15) is 51.2 Å². The summed E-state index contributed by atoms with van der Waals surface area (Å²) in [6.45, 7) is 8.87. The van der Waals surface area contributed by atoms with Crippen LogP contribution in [0.3, 0.4) is 0 Å². The minimum atomic E-state index is -0.453. The second kappa shape index (κ2) is 9.23. The van der Waals surface area contributed by atoms with Gasteiger partial charge < -0.3 is 10.2 Å². The van der Waals surface area contributed by atoms with Gasteiger partial charge >= 0.3 is 0 Å². The van der Waals surface area contributed by atoms with E-state index in [1.165, 1.54) is 5.56 Å². The van der Waals surface area contributed by atoms with Crippen LogP contribution in [0.15, 0.2) is 24.3 Å². The van der Waals surface area contributed by atoms with E-state index in [1.807, 2.05) is 38.1 Å². The van der Waals surface area contributed by atoms with E-state index in [1.54, 1.807) is 11.8 Å². The molecule has 1 rings (SSSR count). The SMILES string of the molecule is CCCCNC(=O)[C@@H](C)N(Cc1ccc(C)cc1)C(=O)CC. The highest BCUT2D eigenvalue weighted by Crippen LogP contribution is 2.12. The largest absolute Gasteiger partial charge is 0.354 e. The van der Waals surface area contributed by atoms with Gasteiger partial charge in [-0.2, -0.15) is 0 Å². The lowest BCUT2D eigenvalue weighted by Gasteiger charge is -2.28. The van der Waals surface area contributed by atoms with Gasteiger partial charge in [-0.25, -0.2) is 0 Å². The standard InChI is InChI=1S/C18H28N2O2/c1-5-7-12-19-18(22)15(4)20(17(21)6-2)13-16-10-8-14(3)9-11-16/h8-11,15H,5-7,12-13H2,1-4H3,(H,19,22)/t15-/m1/s1. The molecule has 2 amide bonds. The van der Waals surface area contributed by atoms with Crippen LogP contribution >= 0.6 is 0 Å². The lowest BCUT2D eigenvalue weighted by atomic mass is 10.1. The van der Waals surface area contributed by atoms with Crippen molar-refractivity contribution in [2.24, 2.45) is 0 Å². The Bertz CT molecular complexity index is 482. The van der Waals surface area contributed by atoms with E-state index in [0.717, 1.165) is 18.4 Å². The molecule has 4 heteroatoms. The Morgan fingerprint density at radius 2 is 1.82 bits per heavy atom. The maximum absolute atomic E-state index is 12.2. The van der Waals surface area contributed by atoms with Crippen LogP contribution in [-0.4, -0.2) is 29.3 Å². The Morgan fingerprint density at radius 3 is 2.36 bits per heavy atom. The van der Waals surface area contributed by atoms with Crippen molar-refractivity contribution in [2.45, 2.75) is 59.5 Å². The number of nitrogens with zero attached hydrogens (tertiary/aromatic N) is 1. The molecule has 0 aliphatic rings. The Hall–Kier alpha value is -1.84. The van der Waals surface area contributed by atoms with Crippen LogP contribution in [0, 0.1) is 6.92 Å². The maximum Gasteiger partial charge on any atom is 0.242 e. The highest BCUT2D eigenvalue weighted by molar-refractivity contribution is 5.87. The minimum Gasteiger partial charge on any atom is -0.354 e. The molecule has 0 heterocycles. The molecule has 0 fully saturated rings. The molecule has 1 aromatic carbocycles. The molecule has 0 aliphatic heterocycles. The number of unbranched alkanes of at least 4 members (excludes halogenated alkanes) is 1. The molecular weight excluding hydrogens is 276 g/mol. The van der Waals surface area contributed by atoms with Crippen molar-refractivity contribution < 1.29 is 9.59 Å². The number of nitrogens with one attached hydrogen (secondary N) is 1. The molecule has 4 nitrogen and oxygen atoms in total. The van der Waals surface area contributed by atoms with E-state index in [2.05, 4.69) is 12.2 Å². The molecule has 1 aromatic rings. The van der Waals surface area contributed by atoms with Crippen LogP contribution in [0.25, 0.3) is 0 Å². The van der Waals surface area contributed by atoms with E-state index in [9.17, 15) is 9.59 Å². The fraction of sp³-hybridized carbons (Fsp3) is 0.556. The molecule has 122 valence electrons. The summed E-state index contributed by atoms with van der Waals surface area (Å²) in [5.41, 5.74) is 2.23. The first-order chi connectivity index (χ1) is 10.5. The third kappa shape index (κ3) is 5.51. The monoisotopic (exact) mass is 304 g/mol. The second-order valence-electron chi connectivity index (χ2n) is 5.68. The zero-order valence-electron chi connectivity index (χ0n) is 14.2. The molecule has 0 unspecified atom stereocenters. The van der Waals surface area contributed by atoms with Gasteiger partial charge in [-0.15, -0.1) is 0 Å². The van der Waals surface area contributed by atoms with Gasteiger partial charge in [-0.3, -0.25) is 9.59 Å². The first kappa shape index (κ1) is 18.2. The van der Waals surface area contributed by atoms with Gasteiger partial charge in [0.25, 0.3) is 0 Å². The molecule has 0 aliphatic carbocycles. The number of carbonyl (C=O) groups is 2. The van der Waals surface area contributed by atoms with Crippen LogP contribution < -0.4 is 5.32 Å². The molecule has 0 spiro atoms. The summed E-state index contributed by atoms with van der Waals surface area (Å²) in [7, 11) is 0. The highest BCUT2D eigenvalue weighted by Gasteiger charge is 2.24.